The molecule has 0 fully saturated rings. The maximum Gasteiger partial charge on any atom is 0.153 e. The summed E-state index contributed by atoms with van der Waals surface area (Å²) in [5, 5.41) is 4.37. The molecule has 0 heterocycles. The van der Waals surface area contributed by atoms with Gasteiger partial charge in [-0.15, -0.1) is 6.42 Å². The summed E-state index contributed by atoms with van der Waals surface area (Å²) in [6, 6.07) is 30.6. The summed E-state index contributed by atoms with van der Waals surface area (Å²) in [6.07, 6.45) is 5.58. The minimum atomic E-state index is -2.23. The Morgan fingerprint density at radius 3 is 1.40 bits per heavy atom. The van der Waals surface area contributed by atoms with Crippen molar-refractivity contribution in [3.8, 4) is 12.3 Å². The number of rotatable bonds is 3. The topological polar surface area (TPSA) is 0 Å². The maximum absolute atomic E-state index is 5.58. The molecule has 3 aromatic carbocycles. The number of terminal acetylenes is 1. The van der Waals surface area contributed by atoms with Crippen molar-refractivity contribution in [1.82, 2.24) is 0 Å². The molecule has 0 amide bonds. The first-order valence-electron chi connectivity index (χ1n) is 8.68. The van der Waals surface area contributed by atoms with Crippen LogP contribution in [0, 0.1) is 12.3 Å². The average molecular weight is 341 g/mol. The Bertz CT molecular complexity index is 824. The van der Waals surface area contributed by atoms with Crippen LogP contribution in [0.4, 0.5) is 0 Å². The van der Waals surface area contributed by atoms with E-state index in [1.165, 1.54) is 15.6 Å². The second-order valence-electron chi connectivity index (χ2n) is 7.45. The Balaban J connectivity index is 2.39. The van der Waals surface area contributed by atoms with E-state index in [9.17, 15) is 0 Å². The molecule has 124 valence electrons. The van der Waals surface area contributed by atoms with Crippen molar-refractivity contribution >= 4 is 23.6 Å². The SMILES string of the molecule is C#Cc1ccc([Si](c2ccccc2)(c2ccccc2)C(C)(C)C)cc1. The van der Waals surface area contributed by atoms with Gasteiger partial charge in [-0.25, -0.2) is 0 Å². The van der Waals surface area contributed by atoms with E-state index in [1.54, 1.807) is 0 Å². The second kappa shape index (κ2) is 6.74. The summed E-state index contributed by atoms with van der Waals surface area (Å²) in [5.41, 5.74) is 0.932. The minimum absolute atomic E-state index is 0.105. The van der Waals surface area contributed by atoms with Crippen LogP contribution >= 0.6 is 0 Å². The van der Waals surface area contributed by atoms with E-state index in [-0.39, 0.29) is 5.04 Å². The third kappa shape index (κ3) is 2.95. The molecule has 0 atom stereocenters. The molecule has 3 aromatic rings. The lowest BCUT2D eigenvalue weighted by molar-refractivity contribution is 0.739. The van der Waals surface area contributed by atoms with Crippen LogP contribution in [-0.4, -0.2) is 8.07 Å². The monoisotopic (exact) mass is 340 g/mol. The van der Waals surface area contributed by atoms with Crippen LogP contribution < -0.4 is 15.6 Å². The molecule has 0 N–H and O–H groups in total. The van der Waals surface area contributed by atoms with Crippen LogP contribution in [0.25, 0.3) is 0 Å². The Kier molecular flexibility index (Phi) is 4.66. The Morgan fingerprint density at radius 1 is 0.640 bits per heavy atom. The fourth-order valence-electron chi connectivity index (χ4n) is 3.99. The summed E-state index contributed by atoms with van der Waals surface area (Å²) in [6.45, 7) is 7.11. The zero-order valence-electron chi connectivity index (χ0n) is 15.2. The third-order valence-electron chi connectivity index (χ3n) is 5.02. The first-order valence-corrected chi connectivity index (χ1v) is 10.7. The number of hydrogen-bond donors (Lipinski definition) is 0. The van der Waals surface area contributed by atoms with Gasteiger partial charge in [-0.1, -0.05) is 99.5 Å². The van der Waals surface area contributed by atoms with Crippen molar-refractivity contribution in [2.75, 3.05) is 0 Å². The van der Waals surface area contributed by atoms with Crippen LogP contribution in [0.15, 0.2) is 84.9 Å². The van der Waals surface area contributed by atoms with E-state index in [1.807, 2.05) is 0 Å². The van der Waals surface area contributed by atoms with Crippen molar-refractivity contribution in [1.29, 1.82) is 0 Å². The molecule has 25 heavy (non-hydrogen) atoms. The highest BCUT2D eigenvalue weighted by atomic mass is 28.3. The highest BCUT2D eigenvalue weighted by Gasteiger charge is 2.48. The van der Waals surface area contributed by atoms with E-state index in [0.29, 0.717) is 0 Å². The minimum Gasteiger partial charge on any atom is -0.115 e. The van der Waals surface area contributed by atoms with Gasteiger partial charge in [-0.3, -0.25) is 0 Å². The van der Waals surface area contributed by atoms with Crippen LogP contribution in [0.3, 0.4) is 0 Å². The molecule has 0 spiro atoms. The van der Waals surface area contributed by atoms with Crippen molar-refractivity contribution in [3.05, 3.63) is 90.5 Å². The lowest BCUT2D eigenvalue weighted by Gasteiger charge is -2.44. The third-order valence-corrected chi connectivity index (χ3v) is 10.9. The molecule has 0 aliphatic rings. The van der Waals surface area contributed by atoms with Crippen molar-refractivity contribution < 1.29 is 0 Å². The molecule has 3 rings (SSSR count). The number of benzene rings is 3. The maximum atomic E-state index is 5.58. The predicted molar refractivity (Wildman–Crippen MR) is 112 cm³/mol. The molecule has 0 saturated carbocycles. The van der Waals surface area contributed by atoms with Crippen LogP contribution in [0.1, 0.15) is 26.3 Å². The highest BCUT2D eigenvalue weighted by Crippen LogP contribution is 2.35. The van der Waals surface area contributed by atoms with Crippen molar-refractivity contribution in [2.24, 2.45) is 0 Å². The quantitative estimate of drug-likeness (QED) is 0.385. The van der Waals surface area contributed by atoms with Gasteiger partial charge in [0.15, 0.2) is 8.07 Å². The molecule has 0 radical (unpaired) electrons. The van der Waals surface area contributed by atoms with Crippen LogP contribution in [0.5, 0.6) is 0 Å². The molecular weight excluding hydrogens is 316 g/mol. The van der Waals surface area contributed by atoms with E-state index < -0.39 is 8.07 Å². The van der Waals surface area contributed by atoms with Crippen molar-refractivity contribution in [3.63, 3.8) is 0 Å². The largest absolute Gasteiger partial charge is 0.153 e. The van der Waals surface area contributed by atoms with Gasteiger partial charge in [-0.2, -0.15) is 0 Å². The fourth-order valence-corrected chi connectivity index (χ4v) is 9.64. The van der Waals surface area contributed by atoms with Gasteiger partial charge in [0.1, 0.15) is 0 Å². The second-order valence-corrected chi connectivity index (χ2v) is 12.2. The Morgan fingerprint density at radius 2 is 1.04 bits per heavy atom. The van der Waals surface area contributed by atoms with Gasteiger partial charge in [0, 0.05) is 5.56 Å². The lowest BCUT2D eigenvalue weighted by Crippen LogP contribution is -2.72. The van der Waals surface area contributed by atoms with E-state index in [0.717, 1.165) is 5.56 Å². The summed E-state index contributed by atoms with van der Waals surface area (Å²) in [4.78, 5) is 0. The fraction of sp³-hybridized carbons (Fsp3) is 0.167. The van der Waals surface area contributed by atoms with Crippen molar-refractivity contribution in [2.45, 2.75) is 25.8 Å². The molecule has 0 bridgehead atoms. The summed E-state index contributed by atoms with van der Waals surface area (Å²) < 4.78 is 0. The molecule has 0 saturated heterocycles. The number of hydrogen-bond acceptors (Lipinski definition) is 0. The van der Waals surface area contributed by atoms with Gasteiger partial charge in [0.05, 0.1) is 0 Å². The smallest absolute Gasteiger partial charge is 0.115 e. The summed E-state index contributed by atoms with van der Waals surface area (Å²) in [7, 11) is -2.23. The average Bonchev–Trinajstić information content (AvgIpc) is 2.63. The molecule has 0 unspecified atom stereocenters. The zero-order valence-corrected chi connectivity index (χ0v) is 16.2. The summed E-state index contributed by atoms with van der Waals surface area (Å²) in [5.74, 6) is 2.74. The molecule has 0 nitrogen and oxygen atoms in total. The van der Waals surface area contributed by atoms with Gasteiger partial charge >= 0.3 is 0 Å². The van der Waals surface area contributed by atoms with Gasteiger partial charge in [-0.05, 0) is 32.7 Å². The van der Waals surface area contributed by atoms with E-state index in [2.05, 4.69) is 112 Å². The molecule has 0 aromatic heterocycles. The Hall–Kier alpha value is -2.56. The Labute approximate surface area is 152 Å². The standard InChI is InChI=1S/C24H24Si/c1-5-20-16-18-23(19-17-20)25(24(2,3)4,21-12-8-6-9-13-21)22-14-10-7-11-15-22/h1,6-19H,2-4H3. The van der Waals surface area contributed by atoms with Gasteiger partial charge < -0.3 is 0 Å². The zero-order chi connectivity index (χ0) is 17.9. The van der Waals surface area contributed by atoms with Gasteiger partial charge in [0.25, 0.3) is 0 Å². The summed E-state index contributed by atoms with van der Waals surface area (Å²) >= 11 is 0. The van der Waals surface area contributed by atoms with E-state index >= 15 is 0 Å². The lowest BCUT2D eigenvalue weighted by atomic mass is 10.2. The molecule has 0 aliphatic heterocycles. The first kappa shape index (κ1) is 17.3. The molecular formula is C24H24Si. The molecule has 0 aliphatic carbocycles. The molecule has 1 heteroatoms. The highest BCUT2D eigenvalue weighted by molar-refractivity contribution is 7.13. The van der Waals surface area contributed by atoms with Crippen LogP contribution in [-0.2, 0) is 0 Å². The normalized spacial score (nSPS) is 11.8. The van der Waals surface area contributed by atoms with Gasteiger partial charge in [0.2, 0.25) is 0 Å². The van der Waals surface area contributed by atoms with E-state index in [4.69, 9.17) is 6.42 Å². The van der Waals surface area contributed by atoms with Crippen LogP contribution in [0.2, 0.25) is 5.04 Å². The predicted octanol–water partition coefficient (Wildman–Crippen LogP) is 3.94. The first-order chi connectivity index (χ1) is 12.0.